The molecule has 170 valence electrons. The van der Waals surface area contributed by atoms with E-state index in [1.54, 1.807) is 55.5 Å². The van der Waals surface area contributed by atoms with Crippen molar-refractivity contribution in [2.45, 2.75) is 19.9 Å². The molecule has 0 spiro atoms. The maximum absolute atomic E-state index is 13.2. The van der Waals surface area contributed by atoms with Gasteiger partial charge in [-0.1, -0.05) is 13.0 Å². The summed E-state index contributed by atoms with van der Waals surface area (Å²) in [5, 5.41) is 13.1. The van der Waals surface area contributed by atoms with Crippen molar-refractivity contribution in [2.24, 2.45) is 7.05 Å². The van der Waals surface area contributed by atoms with Crippen LogP contribution in [0.2, 0.25) is 0 Å². The SMILES string of the molecule is CCC(=O)ON(C(=O)c1ccc2c(c1)nc(CNc1ccc(C#N)cc1)n2C)c1ccccn1. The first-order valence-corrected chi connectivity index (χ1v) is 10.7. The van der Waals surface area contributed by atoms with Crippen molar-refractivity contribution in [3.8, 4) is 6.07 Å². The number of nitrogens with zero attached hydrogens (tertiary/aromatic N) is 5. The summed E-state index contributed by atoms with van der Waals surface area (Å²) in [5.41, 5.74) is 3.25. The second kappa shape index (κ2) is 9.83. The maximum Gasteiger partial charge on any atom is 0.332 e. The number of fused-ring (bicyclic) bond motifs is 1. The molecule has 2 aromatic carbocycles. The molecule has 0 radical (unpaired) electrons. The van der Waals surface area contributed by atoms with E-state index in [0.717, 1.165) is 22.1 Å². The van der Waals surface area contributed by atoms with Crippen LogP contribution in [0.1, 0.15) is 35.1 Å². The number of nitriles is 1. The number of carbonyl (C=O) groups excluding carboxylic acids is 2. The van der Waals surface area contributed by atoms with Crippen molar-refractivity contribution < 1.29 is 14.4 Å². The normalized spacial score (nSPS) is 10.5. The van der Waals surface area contributed by atoms with E-state index in [1.807, 2.05) is 23.7 Å². The molecule has 4 rings (SSSR count). The zero-order valence-corrected chi connectivity index (χ0v) is 18.7. The summed E-state index contributed by atoms with van der Waals surface area (Å²) in [6, 6.07) is 19.4. The monoisotopic (exact) mass is 454 g/mol. The number of amides is 1. The summed E-state index contributed by atoms with van der Waals surface area (Å²) in [5.74, 6) is -0.0925. The van der Waals surface area contributed by atoms with Crippen LogP contribution in [0, 0.1) is 11.3 Å². The molecule has 0 unspecified atom stereocenters. The van der Waals surface area contributed by atoms with E-state index in [4.69, 9.17) is 10.1 Å². The fourth-order valence-corrected chi connectivity index (χ4v) is 3.33. The quantitative estimate of drug-likeness (QED) is 0.439. The Hall–Kier alpha value is -4.71. The number of imidazole rings is 1. The van der Waals surface area contributed by atoms with Gasteiger partial charge in [-0.15, -0.1) is 5.06 Å². The number of hydrogen-bond acceptors (Lipinski definition) is 7. The minimum Gasteiger partial charge on any atom is -0.378 e. The van der Waals surface area contributed by atoms with Crippen LogP contribution in [-0.2, 0) is 23.2 Å². The van der Waals surface area contributed by atoms with Crippen LogP contribution >= 0.6 is 0 Å². The Morgan fingerprint density at radius 1 is 1.15 bits per heavy atom. The fourth-order valence-electron chi connectivity index (χ4n) is 3.33. The maximum atomic E-state index is 13.2. The lowest BCUT2D eigenvalue weighted by Crippen LogP contribution is -2.34. The molecule has 2 aromatic heterocycles. The van der Waals surface area contributed by atoms with Gasteiger partial charge in [0.05, 0.1) is 29.2 Å². The van der Waals surface area contributed by atoms with Crippen LogP contribution in [-0.4, -0.2) is 26.4 Å². The number of aromatic nitrogens is 3. The zero-order valence-electron chi connectivity index (χ0n) is 18.7. The second-order valence-electron chi connectivity index (χ2n) is 7.44. The highest BCUT2D eigenvalue weighted by molar-refractivity contribution is 6.06. The van der Waals surface area contributed by atoms with Crippen molar-refractivity contribution in [3.05, 3.63) is 83.8 Å². The van der Waals surface area contributed by atoms with Crippen molar-refractivity contribution in [1.82, 2.24) is 14.5 Å². The van der Waals surface area contributed by atoms with Crippen molar-refractivity contribution in [3.63, 3.8) is 0 Å². The lowest BCUT2D eigenvalue weighted by atomic mass is 10.2. The number of aryl methyl sites for hydroxylation is 1. The van der Waals surface area contributed by atoms with E-state index >= 15 is 0 Å². The number of anilines is 2. The molecular weight excluding hydrogens is 432 g/mol. The fraction of sp³-hybridized carbons (Fsp3) is 0.160. The van der Waals surface area contributed by atoms with Gasteiger partial charge in [0.25, 0.3) is 5.91 Å². The molecule has 0 atom stereocenters. The third-order valence-corrected chi connectivity index (χ3v) is 5.21. The molecule has 2 heterocycles. The first-order chi connectivity index (χ1) is 16.5. The highest BCUT2D eigenvalue weighted by atomic mass is 16.7. The smallest absolute Gasteiger partial charge is 0.332 e. The molecule has 0 aliphatic heterocycles. The van der Waals surface area contributed by atoms with E-state index in [0.29, 0.717) is 23.2 Å². The number of pyridine rings is 1. The van der Waals surface area contributed by atoms with Crippen LogP contribution in [0.3, 0.4) is 0 Å². The molecule has 9 nitrogen and oxygen atoms in total. The Morgan fingerprint density at radius 3 is 2.62 bits per heavy atom. The predicted octanol–water partition coefficient (Wildman–Crippen LogP) is 3.97. The van der Waals surface area contributed by atoms with Gasteiger partial charge in [0, 0.05) is 30.9 Å². The summed E-state index contributed by atoms with van der Waals surface area (Å²) in [6.07, 6.45) is 1.63. The third-order valence-electron chi connectivity index (χ3n) is 5.21. The van der Waals surface area contributed by atoms with Crippen LogP contribution in [0.4, 0.5) is 11.5 Å². The topological polar surface area (TPSA) is 113 Å². The molecule has 1 amide bonds. The van der Waals surface area contributed by atoms with Crippen molar-refractivity contribution >= 4 is 34.4 Å². The number of hydrogen-bond donors (Lipinski definition) is 1. The average molecular weight is 454 g/mol. The predicted molar refractivity (Wildman–Crippen MR) is 127 cm³/mol. The van der Waals surface area contributed by atoms with Gasteiger partial charge in [0.15, 0.2) is 5.82 Å². The number of rotatable bonds is 6. The molecular formula is C25H22N6O3. The molecule has 0 bridgehead atoms. The standard InChI is InChI=1S/C25H22N6O3/c1-3-24(32)34-31(22-6-4-5-13-27-22)25(33)18-9-12-21-20(14-18)29-23(30(21)2)16-28-19-10-7-17(15-26)8-11-19/h4-14,28H,3,16H2,1-2H3. The molecule has 1 N–H and O–H groups in total. The van der Waals surface area contributed by atoms with Gasteiger partial charge in [-0.2, -0.15) is 5.26 Å². The first kappa shape index (κ1) is 22.5. The summed E-state index contributed by atoms with van der Waals surface area (Å²) < 4.78 is 1.94. The molecule has 9 heteroatoms. The van der Waals surface area contributed by atoms with E-state index in [-0.39, 0.29) is 12.2 Å². The second-order valence-corrected chi connectivity index (χ2v) is 7.44. The van der Waals surface area contributed by atoms with Gasteiger partial charge in [-0.25, -0.2) is 14.8 Å². The Morgan fingerprint density at radius 2 is 1.94 bits per heavy atom. The van der Waals surface area contributed by atoms with Crippen LogP contribution in [0.5, 0.6) is 0 Å². The van der Waals surface area contributed by atoms with Crippen LogP contribution in [0.25, 0.3) is 11.0 Å². The molecule has 34 heavy (non-hydrogen) atoms. The summed E-state index contributed by atoms with van der Waals surface area (Å²) >= 11 is 0. The zero-order chi connectivity index (χ0) is 24.1. The molecule has 0 saturated carbocycles. The lowest BCUT2D eigenvalue weighted by Gasteiger charge is -2.19. The molecule has 0 aliphatic carbocycles. The molecule has 0 fully saturated rings. The number of carbonyl (C=O) groups is 2. The van der Waals surface area contributed by atoms with E-state index in [9.17, 15) is 9.59 Å². The summed E-state index contributed by atoms with van der Waals surface area (Å²) in [6.45, 7) is 2.10. The highest BCUT2D eigenvalue weighted by Gasteiger charge is 2.24. The van der Waals surface area contributed by atoms with Gasteiger partial charge in [0.1, 0.15) is 5.82 Å². The van der Waals surface area contributed by atoms with Crippen molar-refractivity contribution in [2.75, 3.05) is 10.4 Å². The number of nitrogens with one attached hydrogen (secondary N) is 1. The summed E-state index contributed by atoms with van der Waals surface area (Å²) in [7, 11) is 1.90. The Bertz CT molecular complexity index is 1370. The van der Waals surface area contributed by atoms with E-state index in [1.165, 1.54) is 6.20 Å². The number of benzene rings is 2. The first-order valence-electron chi connectivity index (χ1n) is 10.7. The van der Waals surface area contributed by atoms with E-state index in [2.05, 4.69) is 21.4 Å². The van der Waals surface area contributed by atoms with Crippen LogP contribution in [0.15, 0.2) is 66.9 Å². The Kier molecular flexibility index (Phi) is 6.50. The largest absolute Gasteiger partial charge is 0.378 e. The highest BCUT2D eigenvalue weighted by Crippen LogP contribution is 2.21. The summed E-state index contributed by atoms with van der Waals surface area (Å²) in [4.78, 5) is 39.2. The number of hydroxylamine groups is 1. The minimum atomic E-state index is -0.547. The van der Waals surface area contributed by atoms with Gasteiger partial charge in [-0.05, 0) is 54.6 Å². The van der Waals surface area contributed by atoms with Gasteiger partial charge < -0.3 is 14.7 Å². The Balaban J connectivity index is 1.59. The average Bonchev–Trinajstić information content (AvgIpc) is 3.20. The van der Waals surface area contributed by atoms with Gasteiger partial charge >= 0.3 is 5.97 Å². The van der Waals surface area contributed by atoms with E-state index < -0.39 is 11.9 Å². The van der Waals surface area contributed by atoms with Gasteiger partial charge in [0.2, 0.25) is 0 Å². The molecule has 0 saturated heterocycles. The van der Waals surface area contributed by atoms with Crippen molar-refractivity contribution in [1.29, 1.82) is 5.26 Å². The Labute approximate surface area is 196 Å². The van der Waals surface area contributed by atoms with Gasteiger partial charge in [-0.3, -0.25) is 4.79 Å². The molecule has 4 aromatic rings. The molecule has 0 aliphatic rings. The third kappa shape index (κ3) is 4.71. The minimum absolute atomic E-state index is 0.117. The van der Waals surface area contributed by atoms with Crippen LogP contribution < -0.4 is 10.4 Å². The lowest BCUT2D eigenvalue weighted by molar-refractivity contribution is -0.143.